The van der Waals surface area contributed by atoms with Crippen molar-refractivity contribution >= 4 is 16.8 Å². The third-order valence-corrected chi connectivity index (χ3v) is 4.34. The van der Waals surface area contributed by atoms with Gasteiger partial charge in [-0.2, -0.15) is 13.2 Å². The fourth-order valence-electron chi connectivity index (χ4n) is 2.92. The number of pyridine rings is 1. The molecule has 0 saturated carbocycles. The molecule has 0 spiro atoms. The number of alkyl halides is 3. The highest BCUT2D eigenvalue weighted by Gasteiger charge is 2.28. The highest BCUT2D eigenvalue weighted by atomic mass is 19.4. The first kappa shape index (κ1) is 19.7. The minimum atomic E-state index is -4.41. The molecule has 0 bridgehead atoms. The summed E-state index contributed by atoms with van der Waals surface area (Å²) < 4.78 is 43.1. The molecule has 3 rings (SSSR count). The van der Waals surface area contributed by atoms with Crippen molar-refractivity contribution in [1.82, 2.24) is 14.9 Å². The number of aromatic nitrogens is 2. The lowest BCUT2D eigenvalue weighted by atomic mass is 10.1. The summed E-state index contributed by atoms with van der Waals surface area (Å²) in [6.07, 6.45) is -1.42. The summed E-state index contributed by atoms with van der Waals surface area (Å²) in [4.78, 5) is 16.8. The minimum absolute atomic E-state index is 0.0176. The number of amides is 1. The molecule has 0 fully saturated rings. The molecule has 1 aromatic carbocycles. The second-order valence-corrected chi connectivity index (χ2v) is 6.69. The molecule has 0 saturated heterocycles. The summed E-state index contributed by atoms with van der Waals surface area (Å²) in [5.74, 6) is -0.231. The molecular formula is C20H20F3N3O2. The standard InChI is InChI=1S/C20H20F3N3O2/c1-12-4-6-15-16(10-26(3)18(15)8-12)19(27)25-13(2)17-7-5-14(9-24-17)28-11-20(21,22)23/h4-10,13H,11H2,1-3H3,(H,25,27). The summed E-state index contributed by atoms with van der Waals surface area (Å²) in [5, 5.41) is 3.72. The fourth-order valence-corrected chi connectivity index (χ4v) is 2.92. The van der Waals surface area contributed by atoms with Crippen molar-refractivity contribution in [3.63, 3.8) is 0 Å². The van der Waals surface area contributed by atoms with Gasteiger partial charge >= 0.3 is 6.18 Å². The SMILES string of the molecule is Cc1ccc2c(C(=O)NC(C)c3ccc(OCC(F)(F)F)cn3)cn(C)c2c1. The largest absolute Gasteiger partial charge is 0.483 e. The van der Waals surface area contributed by atoms with Crippen LogP contribution in [0.1, 0.15) is 34.6 Å². The Labute approximate surface area is 160 Å². The van der Waals surface area contributed by atoms with Crippen molar-refractivity contribution in [1.29, 1.82) is 0 Å². The Hall–Kier alpha value is -3.03. The number of hydrogen-bond donors (Lipinski definition) is 1. The third kappa shape index (κ3) is 4.44. The van der Waals surface area contributed by atoms with Gasteiger partial charge in [0, 0.05) is 24.1 Å². The lowest BCUT2D eigenvalue weighted by Crippen LogP contribution is -2.27. The van der Waals surface area contributed by atoms with E-state index in [0.29, 0.717) is 11.3 Å². The highest BCUT2D eigenvalue weighted by molar-refractivity contribution is 6.07. The number of rotatable bonds is 5. The molecule has 0 radical (unpaired) electrons. The number of hydrogen-bond acceptors (Lipinski definition) is 3. The van der Waals surface area contributed by atoms with Gasteiger partial charge in [0.25, 0.3) is 5.91 Å². The maximum absolute atomic E-state index is 12.7. The van der Waals surface area contributed by atoms with E-state index in [1.807, 2.05) is 36.7 Å². The Morgan fingerprint density at radius 2 is 2.04 bits per heavy atom. The second kappa shape index (κ2) is 7.53. The van der Waals surface area contributed by atoms with E-state index in [1.165, 1.54) is 18.3 Å². The van der Waals surface area contributed by atoms with Gasteiger partial charge in [0.15, 0.2) is 6.61 Å². The Kier molecular flexibility index (Phi) is 5.31. The van der Waals surface area contributed by atoms with Crippen LogP contribution in [0.3, 0.4) is 0 Å². The van der Waals surface area contributed by atoms with E-state index < -0.39 is 18.8 Å². The molecule has 2 aromatic heterocycles. The molecule has 1 N–H and O–H groups in total. The van der Waals surface area contributed by atoms with Crippen LogP contribution < -0.4 is 10.1 Å². The van der Waals surface area contributed by atoms with Gasteiger partial charge in [-0.25, -0.2) is 0 Å². The molecule has 1 amide bonds. The van der Waals surface area contributed by atoms with E-state index in [-0.39, 0.29) is 11.7 Å². The first-order chi connectivity index (χ1) is 13.1. The van der Waals surface area contributed by atoms with Crippen molar-refractivity contribution in [3.8, 4) is 5.75 Å². The van der Waals surface area contributed by atoms with Crippen LogP contribution in [-0.4, -0.2) is 28.2 Å². The fraction of sp³-hybridized carbons (Fsp3) is 0.300. The summed E-state index contributed by atoms with van der Waals surface area (Å²) in [6, 6.07) is 8.38. The van der Waals surface area contributed by atoms with Gasteiger partial charge in [0.1, 0.15) is 5.75 Å². The molecule has 148 valence electrons. The molecule has 0 aliphatic rings. The Morgan fingerprint density at radius 1 is 1.29 bits per heavy atom. The summed E-state index contributed by atoms with van der Waals surface area (Å²) in [6.45, 7) is 2.37. The molecule has 5 nitrogen and oxygen atoms in total. The van der Waals surface area contributed by atoms with E-state index >= 15 is 0 Å². The molecule has 0 aliphatic carbocycles. The van der Waals surface area contributed by atoms with Gasteiger partial charge < -0.3 is 14.6 Å². The van der Waals surface area contributed by atoms with Gasteiger partial charge in [-0.05, 0) is 37.6 Å². The lowest BCUT2D eigenvalue weighted by molar-refractivity contribution is -0.153. The molecular weight excluding hydrogens is 371 g/mol. The number of fused-ring (bicyclic) bond motifs is 1. The van der Waals surface area contributed by atoms with Crippen molar-refractivity contribution in [2.45, 2.75) is 26.1 Å². The third-order valence-electron chi connectivity index (χ3n) is 4.34. The minimum Gasteiger partial charge on any atom is -0.483 e. The number of benzene rings is 1. The average Bonchev–Trinajstić information content (AvgIpc) is 2.96. The molecule has 28 heavy (non-hydrogen) atoms. The second-order valence-electron chi connectivity index (χ2n) is 6.69. The lowest BCUT2D eigenvalue weighted by Gasteiger charge is -2.14. The maximum atomic E-state index is 12.7. The molecule has 1 atom stereocenters. The Balaban J connectivity index is 1.71. The maximum Gasteiger partial charge on any atom is 0.422 e. The number of carbonyl (C=O) groups is 1. The van der Waals surface area contributed by atoms with Gasteiger partial charge in [0.05, 0.1) is 23.5 Å². The van der Waals surface area contributed by atoms with E-state index in [1.54, 1.807) is 13.1 Å². The number of nitrogens with zero attached hydrogens (tertiary/aromatic N) is 2. The van der Waals surface area contributed by atoms with Crippen LogP contribution in [0, 0.1) is 6.92 Å². The molecule has 1 unspecified atom stereocenters. The molecule has 8 heteroatoms. The van der Waals surface area contributed by atoms with Gasteiger partial charge in [-0.15, -0.1) is 0 Å². The van der Waals surface area contributed by atoms with E-state index in [4.69, 9.17) is 0 Å². The van der Waals surface area contributed by atoms with E-state index in [0.717, 1.165) is 16.5 Å². The Morgan fingerprint density at radius 3 is 2.68 bits per heavy atom. The zero-order valence-corrected chi connectivity index (χ0v) is 15.7. The number of halogens is 3. The smallest absolute Gasteiger partial charge is 0.422 e. The quantitative estimate of drug-likeness (QED) is 0.705. The van der Waals surface area contributed by atoms with E-state index in [9.17, 15) is 18.0 Å². The van der Waals surface area contributed by atoms with Crippen LogP contribution in [0.2, 0.25) is 0 Å². The van der Waals surface area contributed by atoms with Crippen molar-refractivity contribution in [2.24, 2.45) is 7.05 Å². The average molecular weight is 391 g/mol. The van der Waals surface area contributed by atoms with Gasteiger partial charge in [-0.3, -0.25) is 9.78 Å². The van der Waals surface area contributed by atoms with Crippen LogP contribution in [0.5, 0.6) is 5.75 Å². The number of nitrogens with one attached hydrogen (secondary N) is 1. The van der Waals surface area contributed by atoms with E-state index in [2.05, 4.69) is 15.0 Å². The predicted octanol–water partition coefficient (Wildman–Crippen LogP) is 4.31. The number of aryl methyl sites for hydroxylation is 2. The van der Waals surface area contributed by atoms with Crippen LogP contribution in [0.25, 0.3) is 10.9 Å². The highest BCUT2D eigenvalue weighted by Crippen LogP contribution is 2.23. The normalized spacial score (nSPS) is 12.8. The Bertz CT molecular complexity index is 994. The van der Waals surface area contributed by atoms with Crippen LogP contribution in [0.15, 0.2) is 42.7 Å². The molecule has 2 heterocycles. The van der Waals surface area contributed by atoms with Gasteiger partial charge in [0.2, 0.25) is 0 Å². The summed E-state index contributed by atoms with van der Waals surface area (Å²) in [7, 11) is 1.88. The molecule has 3 aromatic rings. The monoisotopic (exact) mass is 391 g/mol. The summed E-state index contributed by atoms with van der Waals surface area (Å²) >= 11 is 0. The van der Waals surface area contributed by atoms with Crippen molar-refractivity contribution in [3.05, 3.63) is 59.5 Å². The van der Waals surface area contributed by atoms with Crippen LogP contribution in [-0.2, 0) is 7.05 Å². The first-order valence-corrected chi connectivity index (χ1v) is 8.66. The topological polar surface area (TPSA) is 56.1 Å². The number of ether oxygens (including phenoxy) is 1. The first-order valence-electron chi connectivity index (χ1n) is 8.66. The van der Waals surface area contributed by atoms with Gasteiger partial charge in [-0.1, -0.05) is 12.1 Å². The van der Waals surface area contributed by atoms with Crippen LogP contribution in [0.4, 0.5) is 13.2 Å². The van der Waals surface area contributed by atoms with Crippen molar-refractivity contribution < 1.29 is 22.7 Å². The molecule has 0 aliphatic heterocycles. The predicted molar refractivity (Wildman–Crippen MR) is 99.3 cm³/mol. The van der Waals surface area contributed by atoms with Crippen LogP contribution >= 0.6 is 0 Å². The summed E-state index contributed by atoms with van der Waals surface area (Å²) in [5.41, 5.74) is 3.13. The number of carbonyl (C=O) groups excluding carboxylic acids is 1. The zero-order chi connectivity index (χ0) is 20.5. The zero-order valence-electron chi connectivity index (χ0n) is 15.7. The van der Waals surface area contributed by atoms with Crippen molar-refractivity contribution in [2.75, 3.05) is 6.61 Å².